The Morgan fingerprint density at radius 1 is 1.53 bits per heavy atom. The lowest BCUT2D eigenvalue weighted by Gasteiger charge is -2.28. The molecule has 0 spiro atoms. The number of anilines is 1. The number of carboxylic acids is 1. The molecule has 1 aromatic rings. The molecule has 2 rings (SSSR count). The number of ether oxygens (including phenoxy) is 1. The van der Waals surface area contributed by atoms with Crippen LogP contribution in [0.3, 0.4) is 0 Å². The van der Waals surface area contributed by atoms with Gasteiger partial charge in [-0.1, -0.05) is 0 Å². The summed E-state index contributed by atoms with van der Waals surface area (Å²) in [5.41, 5.74) is 5.73. The van der Waals surface area contributed by atoms with E-state index in [4.69, 9.17) is 15.6 Å². The van der Waals surface area contributed by atoms with E-state index in [-0.39, 0.29) is 12.1 Å². The second-order valence-corrected chi connectivity index (χ2v) is 4.28. The number of hydrogen-bond acceptors (Lipinski definition) is 6. The molecule has 1 aromatic heterocycles. The Bertz CT molecular complexity index is 510. The van der Waals surface area contributed by atoms with Crippen LogP contribution < -0.4 is 16.2 Å². The van der Waals surface area contributed by atoms with Gasteiger partial charge >= 0.3 is 5.97 Å². The molecule has 1 aliphatic rings. The number of carbonyl (C=O) groups is 1. The van der Waals surface area contributed by atoms with Crippen LogP contribution in [0.25, 0.3) is 0 Å². The average Bonchev–Trinajstić information content (AvgIpc) is 2.41. The molecule has 0 aliphatic carbocycles. The van der Waals surface area contributed by atoms with Crippen molar-refractivity contribution in [2.45, 2.75) is 12.6 Å². The average molecular weight is 268 g/mol. The van der Waals surface area contributed by atoms with E-state index in [0.29, 0.717) is 32.0 Å². The van der Waals surface area contributed by atoms with Crippen molar-refractivity contribution in [1.82, 2.24) is 9.78 Å². The summed E-state index contributed by atoms with van der Waals surface area (Å²) in [5.74, 6) is -1.16. The Hall–Kier alpha value is -1.93. The first kappa shape index (κ1) is 13.5. The maximum absolute atomic E-state index is 11.8. The molecule has 0 bridgehead atoms. The number of nitrogens with zero attached hydrogens (tertiary/aromatic N) is 3. The van der Waals surface area contributed by atoms with Gasteiger partial charge < -0.3 is 20.5 Å². The molecule has 1 saturated heterocycles. The summed E-state index contributed by atoms with van der Waals surface area (Å²) >= 11 is 0. The van der Waals surface area contributed by atoms with E-state index in [2.05, 4.69) is 5.10 Å². The highest BCUT2D eigenvalue weighted by Gasteiger charge is 2.16. The quantitative estimate of drug-likeness (QED) is 0.683. The number of rotatable bonds is 4. The molecule has 104 valence electrons. The fourth-order valence-electron chi connectivity index (χ4n) is 1.82. The lowest BCUT2D eigenvalue weighted by molar-refractivity contribution is -0.138. The zero-order chi connectivity index (χ0) is 13.8. The Labute approximate surface area is 109 Å². The van der Waals surface area contributed by atoms with Gasteiger partial charge in [-0.05, 0) is 0 Å². The van der Waals surface area contributed by atoms with E-state index in [0.717, 1.165) is 4.68 Å². The fraction of sp³-hybridized carbons (Fsp3) is 0.545. The second-order valence-electron chi connectivity index (χ2n) is 4.28. The van der Waals surface area contributed by atoms with Gasteiger partial charge in [0.05, 0.1) is 31.6 Å². The predicted molar refractivity (Wildman–Crippen MR) is 67.1 cm³/mol. The SMILES string of the molecule is NC(Cn1ncc(N2CCOCC2)cc1=O)C(=O)O. The van der Waals surface area contributed by atoms with E-state index in [9.17, 15) is 9.59 Å². The number of aromatic nitrogens is 2. The summed E-state index contributed by atoms with van der Waals surface area (Å²) in [4.78, 5) is 24.5. The summed E-state index contributed by atoms with van der Waals surface area (Å²) in [5, 5.41) is 12.7. The highest BCUT2D eigenvalue weighted by molar-refractivity contribution is 5.72. The topological polar surface area (TPSA) is 111 Å². The van der Waals surface area contributed by atoms with Gasteiger partial charge in [-0.2, -0.15) is 5.10 Å². The van der Waals surface area contributed by atoms with Gasteiger partial charge in [0, 0.05) is 19.2 Å². The van der Waals surface area contributed by atoms with Gasteiger partial charge in [-0.3, -0.25) is 9.59 Å². The first-order valence-electron chi connectivity index (χ1n) is 5.96. The van der Waals surface area contributed by atoms with Crippen molar-refractivity contribution in [2.75, 3.05) is 31.2 Å². The molecule has 0 aromatic carbocycles. The predicted octanol–water partition coefficient (Wildman–Crippen LogP) is -1.51. The van der Waals surface area contributed by atoms with Gasteiger partial charge in [-0.15, -0.1) is 0 Å². The van der Waals surface area contributed by atoms with Crippen LogP contribution in [0.15, 0.2) is 17.1 Å². The van der Waals surface area contributed by atoms with Crippen LogP contribution in [0.1, 0.15) is 0 Å². The first-order chi connectivity index (χ1) is 9.08. The van der Waals surface area contributed by atoms with Crippen LogP contribution in [-0.2, 0) is 16.1 Å². The zero-order valence-electron chi connectivity index (χ0n) is 10.4. The van der Waals surface area contributed by atoms with Crippen molar-refractivity contribution in [1.29, 1.82) is 0 Å². The third-order valence-electron chi connectivity index (χ3n) is 2.92. The first-order valence-corrected chi connectivity index (χ1v) is 5.96. The molecule has 19 heavy (non-hydrogen) atoms. The second kappa shape index (κ2) is 5.81. The molecule has 8 heteroatoms. The van der Waals surface area contributed by atoms with Crippen molar-refractivity contribution in [3.8, 4) is 0 Å². The molecule has 3 N–H and O–H groups in total. The summed E-state index contributed by atoms with van der Waals surface area (Å²) in [6, 6.07) is 0.298. The third kappa shape index (κ3) is 3.30. The highest BCUT2D eigenvalue weighted by Crippen LogP contribution is 2.11. The molecule has 1 fully saturated rings. The number of nitrogens with two attached hydrogens (primary N) is 1. The molecular formula is C11H16N4O4. The van der Waals surface area contributed by atoms with E-state index < -0.39 is 12.0 Å². The fourth-order valence-corrected chi connectivity index (χ4v) is 1.82. The summed E-state index contributed by atoms with van der Waals surface area (Å²) in [7, 11) is 0. The Morgan fingerprint density at radius 2 is 2.21 bits per heavy atom. The van der Waals surface area contributed by atoms with E-state index >= 15 is 0 Å². The van der Waals surface area contributed by atoms with Crippen LogP contribution >= 0.6 is 0 Å². The minimum Gasteiger partial charge on any atom is -0.480 e. The number of carboxylic acid groups (broad SMARTS) is 1. The molecule has 8 nitrogen and oxygen atoms in total. The van der Waals surface area contributed by atoms with Crippen LogP contribution in [0.5, 0.6) is 0 Å². The van der Waals surface area contributed by atoms with Crippen LogP contribution in [0.4, 0.5) is 5.69 Å². The number of hydrogen-bond donors (Lipinski definition) is 2. The lowest BCUT2D eigenvalue weighted by Crippen LogP contribution is -2.40. The van der Waals surface area contributed by atoms with Gasteiger partial charge in [0.2, 0.25) is 0 Å². The van der Waals surface area contributed by atoms with E-state index in [1.54, 1.807) is 6.20 Å². The Kier molecular flexibility index (Phi) is 4.13. The standard InChI is InChI=1S/C11H16N4O4/c12-9(11(17)18)7-15-10(16)5-8(6-13-15)14-1-3-19-4-2-14/h5-6,9H,1-4,7,12H2,(H,17,18). The van der Waals surface area contributed by atoms with Gasteiger partial charge in [0.25, 0.3) is 5.56 Å². The molecule has 1 unspecified atom stereocenters. The van der Waals surface area contributed by atoms with Crippen molar-refractivity contribution in [3.05, 3.63) is 22.6 Å². The van der Waals surface area contributed by atoms with E-state index in [1.165, 1.54) is 6.07 Å². The summed E-state index contributed by atoms with van der Waals surface area (Å²) < 4.78 is 6.29. The maximum Gasteiger partial charge on any atom is 0.322 e. The van der Waals surface area contributed by atoms with Gasteiger partial charge in [0.1, 0.15) is 6.04 Å². The lowest BCUT2D eigenvalue weighted by atomic mass is 10.3. The molecule has 2 heterocycles. The molecule has 0 amide bonds. The van der Waals surface area contributed by atoms with Crippen LogP contribution in [0.2, 0.25) is 0 Å². The van der Waals surface area contributed by atoms with E-state index in [1.807, 2.05) is 4.90 Å². The summed E-state index contributed by atoms with van der Waals surface area (Å²) in [6.45, 7) is 2.51. The van der Waals surface area contributed by atoms with Gasteiger partial charge in [-0.25, -0.2) is 4.68 Å². The zero-order valence-corrected chi connectivity index (χ0v) is 10.4. The molecular weight excluding hydrogens is 252 g/mol. The molecule has 1 aliphatic heterocycles. The Morgan fingerprint density at radius 3 is 2.79 bits per heavy atom. The number of morpholine rings is 1. The molecule has 0 radical (unpaired) electrons. The van der Waals surface area contributed by atoms with Crippen LogP contribution in [-0.4, -0.2) is 53.2 Å². The van der Waals surface area contributed by atoms with Crippen LogP contribution in [0, 0.1) is 0 Å². The molecule has 0 saturated carbocycles. The minimum absolute atomic E-state index is 0.141. The van der Waals surface area contributed by atoms with Crippen molar-refractivity contribution >= 4 is 11.7 Å². The number of aliphatic carboxylic acids is 1. The minimum atomic E-state index is -1.16. The smallest absolute Gasteiger partial charge is 0.322 e. The molecule has 1 atom stereocenters. The highest BCUT2D eigenvalue weighted by atomic mass is 16.5. The Balaban J connectivity index is 2.12. The maximum atomic E-state index is 11.8. The van der Waals surface area contributed by atoms with Crippen molar-refractivity contribution < 1.29 is 14.6 Å². The van der Waals surface area contributed by atoms with Gasteiger partial charge in [0.15, 0.2) is 0 Å². The normalized spacial score (nSPS) is 17.2. The largest absolute Gasteiger partial charge is 0.480 e. The monoisotopic (exact) mass is 268 g/mol. The van der Waals surface area contributed by atoms with Crippen molar-refractivity contribution in [2.24, 2.45) is 5.73 Å². The van der Waals surface area contributed by atoms with Crippen molar-refractivity contribution in [3.63, 3.8) is 0 Å². The third-order valence-corrected chi connectivity index (χ3v) is 2.92. The summed E-state index contributed by atoms with van der Waals surface area (Å²) in [6.07, 6.45) is 1.54.